The van der Waals surface area contributed by atoms with Gasteiger partial charge >= 0.3 is 11.9 Å². The summed E-state index contributed by atoms with van der Waals surface area (Å²) >= 11 is 0. The van der Waals surface area contributed by atoms with Crippen LogP contribution in [0.4, 0.5) is 4.39 Å². The molecule has 2 N–H and O–H groups in total. The largest absolute Gasteiger partial charge is 0.478 e. The quantitative estimate of drug-likeness (QED) is 0.897. The molecule has 0 fully saturated rings. The molecular weight excluding hydrogens is 322 g/mol. The third-order valence-corrected chi connectivity index (χ3v) is 2.66. The highest BCUT2D eigenvalue weighted by molar-refractivity contribution is 5.89. The molecule has 0 saturated heterocycles. The van der Waals surface area contributed by atoms with Crippen LogP contribution in [0.3, 0.4) is 0 Å². The second kappa shape index (κ2) is 7.61. The lowest BCUT2D eigenvalue weighted by Crippen LogP contribution is -2.00. The molecule has 0 heterocycles. The van der Waals surface area contributed by atoms with E-state index in [-0.39, 0.29) is 30.4 Å². The molecule has 0 radical (unpaired) electrons. The van der Waals surface area contributed by atoms with Crippen LogP contribution >= 0.6 is 24.8 Å². The van der Waals surface area contributed by atoms with Crippen molar-refractivity contribution in [3.05, 3.63) is 59.4 Å². The maximum absolute atomic E-state index is 13.5. The molecule has 2 aromatic rings. The monoisotopic (exact) mass is 332 g/mol. The number of aromatic carboxylic acids is 2. The normalized spacial score (nSPS) is 9.19. The van der Waals surface area contributed by atoms with E-state index in [2.05, 4.69) is 0 Å². The van der Waals surface area contributed by atoms with Crippen LogP contribution in [0.2, 0.25) is 0 Å². The molecule has 2 rings (SSSR count). The predicted molar refractivity (Wildman–Crippen MR) is 80.3 cm³/mol. The van der Waals surface area contributed by atoms with Gasteiger partial charge in [-0.25, -0.2) is 14.0 Å². The first kappa shape index (κ1) is 18.9. The number of rotatable bonds is 3. The Morgan fingerprint density at radius 1 is 0.810 bits per heavy atom. The summed E-state index contributed by atoms with van der Waals surface area (Å²) in [6.45, 7) is 0. The van der Waals surface area contributed by atoms with Gasteiger partial charge in [0.25, 0.3) is 0 Å². The van der Waals surface area contributed by atoms with Gasteiger partial charge in [-0.2, -0.15) is 0 Å². The van der Waals surface area contributed by atoms with E-state index in [1.54, 1.807) is 12.1 Å². The van der Waals surface area contributed by atoms with Crippen molar-refractivity contribution >= 4 is 36.8 Å². The number of carboxylic acids is 2. The van der Waals surface area contributed by atoms with Crippen molar-refractivity contribution in [1.82, 2.24) is 0 Å². The molecule has 0 amide bonds. The number of benzene rings is 2. The van der Waals surface area contributed by atoms with Crippen molar-refractivity contribution in [2.45, 2.75) is 0 Å². The highest BCUT2D eigenvalue weighted by atomic mass is 35.5. The van der Waals surface area contributed by atoms with Crippen LogP contribution in [0.15, 0.2) is 42.5 Å². The molecule has 0 unspecified atom stereocenters. The summed E-state index contributed by atoms with van der Waals surface area (Å²) in [5.41, 5.74) is 0.831. The van der Waals surface area contributed by atoms with Gasteiger partial charge in [0.15, 0.2) is 0 Å². The van der Waals surface area contributed by atoms with Crippen LogP contribution < -0.4 is 0 Å². The zero-order valence-corrected chi connectivity index (χ0v) is 12.1. The van der Waals surface area contributed by atoms with Gasteiger partial charge < -0.3 is 10.2 Å². The molecule has 0 spiro atoms. The maximum atomic E-state index is 13.5. The lowest BCUT2D eigenvalue weighted by Gasteiger charge is -2.04. The van der Waals surface area contributed by atoms with E-state index in [1.165, 1.54) is 24.3 Å². The number of carbonyl (C=O) groups is 2. The van der Waals surface area contributed by atoms with Gasteiger partial charge in [-0.3, -0.25) is 0 Å². The topological polar surface area (TPSA) is 74.6 Å². The fourth-order valence-electron chi connectivity index (χ4n) is 1.67. The Morgan fingerprint density at radius 2 is 1.33 bits per heavy atom. The Kier molecular flexibility index (Phi) is 6.85. The molecule has 21 heavy (non-hydrogen) atoms. The van der Waals surface area contributed by atoms with Crippen molar-refractivity contribution in [3.8, 4) is 11.1 Å². The van der Waals surface area contributed by atoms with Gasteiger partial charge in [0, 0.05) is 0 Å². The molecule has 4 nitrogen and oxygen atoms in total. The molecular formula is C14H11Cl2FO4. The summed E-state index contributed by atoms with van der Waals surface area (Å²) in [5, 5.41) is 17.5. The Bertz CT molecular complexity index is 657. The summed E-state index contributed by atoms with van der Waals surface area (Å²) in [7, 11) is 0. The smallest absolute Gasteiger partial charge is 0.338 e. The zero-order valence-electron chi connectivity index (χ0n) is 10.4. The molecule has 0 aliphatic rings. The van der Waals surface area contributed by atoms with Crippen molar-refractivity contribution < 1.29 is 24.2 Å². The molecule has 0 aliphatic carbocycles. The molecule has 0 saturated carbocycles. The molecule has 0 atom stereocenters. The van der Waals surface area contributed by atoms with E-state index in [1.807, 2.05) is 0 Å². The fourth-order valence-corrected chi connectivity index (χ4v) is 1.67. The van der Waals surface area contributed by atoms with Crippen molar-refractivity contribution in [2.75, 3.05) is 0 Å². The summed E-state index contributed by atoms with van der Waals surface area (Å²) in [6.07, 6.45) is 0. The molecule has 112 valence electrons. The van der Waals surface area contributed by atoms with Gasteiger partial charge in [0.2, 0.25) is 0 Å². The van der Waals surface area contributed by atoms with E-state index >= 15 is 0 Å². The Hall–Kier alpha value is -2.11. The predicted octanol–water partition coefficient (Wildman–Crippen LogP) is 3.73. The van der Waals surface area contributed by atoms with Gasteiger partial charge in [-0.05, 0) is 35.4 Å². The minimum Gasteiger partial charge on any atom is -0.478 e. The Morgan fingerprint density at radius 3 is 1.76 bits per heavy atom. The molecule has 2 aromatic carbocycles. The summed E-state index contributed by atoms with van der Waals surface area (Å²) in [5.74, 6) is -3.20. The van der Waals surface area contributed by atoms with Crippen LogP contribution in [0.25, 0.3) is 11.1 Å². The average molecular weight is 333 g/mol. The SMILES string of the molecule is Cl.Cl.O=C(O)c1ccc(-c2ccc(C(=O)O)c(F)c2)cc1. The zero-order chi connectivity index (χ0) is 14.0. The third-order valence-electron chi connectivity index (χ3n) is 2.66. The van der Waals surface area contributed by atoms with Gasteiger partial charge in [0.1, 0.15) is 5.82 Å². The first-order chi connectivity index (χ1) is 8.99. The number of halogens is 3. The Labute approximate surface area is 132 Å². The molecule has 0 aromatic heterocycles. The average Bonchev–Trinajstić information content (AvgIpc) is 2.38. The van der Waals surface area contributed by atoms with E-state index in [0.717, 1.165) is 6.07 Å². The van der Waals surface area contributed by atoms with Crippen molar-refractivity contribution in [1.29, 1.82) is 0 Å². The first-order valence-electron chi connectivity index (χ1n) is 5.35. The van der Waals surface area contributed by atoms with E-state index < -0.39 is 23.3 Å². The fraction of sp³-hybridized carbons (Fsp3) is 0. The Balaban J connectivity index is 0.00000200. The number of carboxylic acid groups (broad SMARTS) is 2. The highest BCUT2D eigenvalue weighted by Gasteiger charge is 2.11. The second-order valence-corrected chi connectivity index (χ2v) is 3.88. The maximum Gasteiger partial charge on any atom is 0.338 e. The number of hydrogen-bond acceptors (Lipinski definition) is 2. The van der Waals surface area contributed by atoms with Crippen LogP contribution in [-0.4, -0.2) is 22.2 Å². The summed E-state index contributed by atoms with van der Waals surface area (Å²) in [6, 6.07) is 9.65. The number of hydrogen-bond donors (Lipinski definition) is 2. The van der Waals surface area contributed by atoms with E-state index in [0.29, 0.717) is 11.1 Å². The molecule has 0 aliphatic heterocycles. The summed E-state index contributed by atoms with van der Waals surface area (Å²) < 4.78 is 13.5. The van der Waals surface area contributed by atoms with E-state index in [4.69, 9.17) is 10.2 Å². The second-order valence-electron chi connectivity index (χ2n) is 3.88. The standard InChI is InChI=1S/C14H9FO4.2ClH/c15-12-7-10(5-6-11(12)14(18)19)8-1-3-9(4-2-8)13(16)17;;/h1-7H,(H,16,17)(H,18,19);2*1H. The van der Waals surface area contributed by atoms with Crippen molar-refractivity contribution in [3.63, 3.8) is 0 Å². The first-order valence-corrected chi connectivity index (χ1v) is 5.35. The summed E-state index contributed by atoms with van der Waals surface area (Å²) in [4.78, 5) is 21.4. The van der Waals surface area contributed by atoms with E-state index in [9.17, 15) is 14.0 Å². The van der Waals surface area contributed by atoms with Crippen LogP contribution in [0.1, 0.15) is 20.7 Å². The lowest BCUT2D eigenvalue weighted by atomic mass is 10.0. The van der Waals surface area contributed by atoms with Crippen LogP contribution in [0.5, 0.6) is 0 Å². The van der Waals surface area contributed by atoms with Crippen LogP contribution in [0, 0.1) is 5.82 Å². The van der Waals surface area contributed by atoms with Gasteiger partial charge in [0.05, 0.1) is 11.1 Å². The van der Waals surface area contributed by atoms with Gasteiger partial charge in [-0.1, -0.05) is 18.2 Å². The lowest BCUT2D eigenvalue weighted by molar-refractivity contribution is 0.0683. The van der Waals surface area contributed by atoms with Crippen molar-refractivity contribution in [2.24, 2.45) is 0 Å². The molecule has 0 bridgehead atoms. The molecule has 7 heteroatoms. The van der Waals surface area contributed by atoms with Gasteiger partial charge in [-0.15, -0.1) is 24.8 Å². The minimum atomic E-state index is -1.33. The third kappa shape index (κ3) is 4.18. The van der Waals surface area contributed by atoms with Crippen LogP contribution in [-0.2, 0) is 0 Å². The highest BCUT2D eigenvalue weighted by Crippen LogP contribution is 2.22. The minimum absolute atomic E-state index is 0.